The minimum absolute atomic E-state index is 0.118. The van der Waals surface area contributed by atoms with Crippen molar-refractivity contribution in [2.45, 2.75) is 31.6 Å². The summed E-state index contributed by atoms with van der Waals surface area (Å²) in [6.45, 7) is 0.928. The molecule has 0 spiro atoms. The van der Waals surface area contributed by atoms with E-state index in [1.165, 1.54) is 24.3 Å². The maximum atomic E-state index is 13.2. The maximum Gasteiger partial charge on any atom is 0.253 e. The van der Waals surface area contributed by atoms with E-state index in [9.17, 15) is 14.0 Å². The van der Waals surface area contributed by atoms with Crippen LogP contribution >= 0.6 is 0 Å². The smallest absolute Gasteiger partial charge is 0.253 e. The SMILES string of the molecule is O=C(Nc1cccc(-c2n[nH]c(C3CC3)n2)c1)C1CCCN(C(=O)c2ccc(F)cc2)C1. The molecule has 2 fully saturated rings. The molecule has 2 aromatic carbocycles. The van der Waals surface area contributed by atoms with Crippen LogP contribution in [-0.2, 0) is 4.79 Å². The number of aromatic amines is 1. The Labute approximate surface area is 185 Å². The van der Waals surface area contributed by atoms with Crippen molar-refractivity contribution in [3.05, 3.63) is 65.7 Å². The molecular formula is C24H24FN5O2. The van der Waals surface area contributed by atoms with Crippen molar-refractivity contribution in [2.24, 2.45) is 5.92 Å². The van der Waals surface area contributed by atoms with Crippen molar-refractivity contribution in [3.63, 3.8) is 0 Å². The Morgan fingerprint density at radius 2 is 1.91 bits per heavy atom. The van der Waals surface area contributed by atoms with E-state index in [-0.39, 0.29) is 23.5 Å². The molecule has 0 bridgehead atoms. The zero-order valence-electron chi connectivity index (χ0n) is 17.6. The van der Waals surface area contributed by atoms with Crippen molar-refractivity contribution in [3.8, 4) is 11.4 Å². The predicted molar refractivity (Wildman–Crippen MR) is 117 cm³/mol. The van der Waals surface area contributed by atoms with Gasteiger partial charge in [0.2, 0.25) is 5.91 Å². The Morgan fingerprint density at radius 1 is 1.09 bits per heavy atom. The maximum absolute atomic E-state index is 13.2. The fourth-order valence-corrected chi connectivity index (χ4v) is 4.07. The molecule has 3 aromatic rings. The number of aromatic nitrogens is 3. The monoisotopic (exact) mass is 433 g/mol. The summed E-state index contributed by atoms with van der Waals surface area (Å²) in [4.78, 5) is 31.9. The molecule has 1 aliphatic heterocycles. The van der Waals surface area contributed by atoms with Gasteiger partial charge in [-0.05, 0) is 62.1 Å². The summed E-state index contributed by atoms with van der Waals surface area (Å²) < 4.78 is 13.2. The van der Waals surface area contributed by atoms with E-state index in [1.807, 2.05) is 24.3 Å². The number of anilines is 1. The highest BCUT2D eigenvalue weighted by Gasteiger charge is 2.29. The van der Waals surface area contributed by atoms with Crippen LogP contribution in [0.5, 0.6) is 0 Å². The van der Waals surface area contributed by atoms with Gasteiger partial charge in [-0.2, -0.15) is 5.10 Å². The number of benzene rings is 2. The number of nitrogens with one attached hydrogen (secondary N) is 2. The molecule has 2 aliphatic rings. The molecule has 8 heteroatoms. The number of hydrogen-bond donors (Lipinski definition) is 2. The van der Waals surface area contributed by atoms with E-state index in [0.29, 0.717) is 42.5 Å². The fourth-order valence-electron chi connectivity index (χ4n) is 4.07. The molecule has 5 rings (SSSR count). The second-order valence-electron chi connectivity index (χ2n) is 8.49. The van der Waals surface area contributed by atoms with Crippen LogP contribution in [0.2, 0.25) is 0 Å². The number of halogens is 1. The average molecular weight is 433 g/mol. The van der Waals surface area contributed by atoms with Crippen LogP contribution in [0, 0.1) is 11.7 Å². The minimum Gasteiger partial charge on any atom is -0.338 e. The normalized spacial score (nSPS) is 18.4. The average Bonchev–Trinajstić information content (AvgIpc) is 3.55. The topological polar surface area (TPSA) is 91.0 Å². The van der Waals surface area contributed by atoms with Gasteiger partial charge in [0, 0.05) is 35.8 Å². The number of carbonyl (C=O) groups is 2. The molecule has 7 nitrogen and oxygen atoms in total. The number of nitrogens with zero attached hydrogens (tertiary/aromatic N) is 3. The number of rotatable bonds is 5. The number of likely N-dealkylation sites (tertiary alicyclic amines) is 1. The Hall–Kier alpha value is -3.55. The second-order valence-corrected chi connectivity index (χ2v) is 8.49. The summed E-state index contributed by atoms with van der Waals surface area (Å²) in [6, 6.07) is 13.0. The van der Waals surface area contributed by atoms with Gasteiger partial charge in [-0.1, -0.05) is 12.1 Å². The van der Waals surface area contributed by atoms with Crippen molar-refractivity contribution < 1.29 is 14.0 Å². The Kier molecular flexibility index (Phi) is 5.43. The number of H-pyrrole nitrogens is 1. The van der Waals surface area contributed by atoms with Crippen molar-refractivity contribution in [1.82, 2.24) is 20.1 Å². The van der Waals surface area contributed by atoms with Crippen LogP contribution in [0.15, 0.2) is 48.5 Å². The third kappa shape index (κ3) is 4.39. The van der Waals surface area contributed by atoms with E-state index < -0.39 is 0 Å². The lowest BCUT2D eigenvalue weighted by Gasteiger charge is -2.32. The first-order chi connectivity index (χ1) is 15.6. The lowest BCUT2D eigenvalue weighted by Crippen LogP contribution is -2.43. The molecule has 2 amide bonds. The van der Waals surface area contributed by atoms with Gasteiger partial charge in [-0.15, -0.1) is 0 Å². The third-order valence-electron chi connectivity index (χ3n) is 6.03. The van der Waals surface area contributed by atoms with Gasteiger partial charge >= 0.3 is 0 Å². The summed E-state index contributed by atoms with van der Waals surface area (Å²) >= 11 is 0. The molecule has 0 radical (unpaired) electrons. The first kappa shape index (κ1) is 20.4. The Morgan fingerprint density at radius 3 is 2.69 bits per heavy atom. The van der Waals surface area contributed by atoms with Gasteiger partial charge in [0.25, 0.3) is 5.91 Å². The highest BCUT2D eigenvalue weighted by molar-refractivity contribution is 5.96. The Balaban J connectivity index is 1.24. The minimum atomic E-state index is -0.381. The summed E-state index contributed by atoms with van der Waals surface area (Å²) in [7, 11) is 0. The third-order valence-corrected chi connectivity index (χ3v) is 6.03. The molecule has 164 valence electrons. The van der Waals surface area contributed by atoms with Gasteiger partial charge in [-0.3, -0.25) is 14.7 Å². The summed E-state index contributed by atoms with van der Waals surface area (Å²) in [6.07, 6.45) is 3.75. The van der Waals surface area contributed by atoms with E-state index in [4.69, 9.17) is 0 Å². The van der Waals surface area contributed by atoms with Gasteiger partial charge < -0.3 is 10.2 Å². The van der Waals surface area contributed by atoms with Gasteiger partial charge in [0.15, 0.2) is 5.82 Å². The second kappa shape index (κ2) is 8.53. The molecule has 1 aromatic heterocycles. The number of carbonyl (C=O) groups excluding carboxylic acids is 2. The standard InChI is InChI=1S/C24H24FN5O2/c25-19-10-8-16(9-11-19)24(32)30-12-2-4-18(14-30)23(31)26-20-5-1-3-17(13-20)22-27-21(28-29-22)15-6-7-15/h1,3,5,8-11,13,15,18H,2,4,6-7,12,14H2,(H,26,31)(H,27,28,29). The molecule has 2 heterocycles. The lowest BCUT2D eigenvalue weighted by atomic mass is 9.96. The number of piperidine rings is 1. The van der Waals surface area contributed by atoms with Crippen molar-refractivity contribution in [1.29, 1.82) is 0 Å². The lowest BCUT2D eigenvalue weighted by molar-refractivity contribution is -0.121. The molecule has 1 atom stereocenters. The summed E-state index contributed by atoms with van der Waals surface area (Å²) in [5.41, 5.74) is 1.94. The van der Waals surface area contributed by atoms with Crippen LogP contribution in [0.3, 0.4) is 0 Å². The highest BCUT2D eigenvalue weighted by atomic mass is 19.1. The van der Waals surface area contributed by atoms with E-state index in [2.05, 4.69) is 20.5 Å². The van der Waals surface area contributed by atoms with Crippen LogP contribution in [-0.4, -0.2) is 45.0 Å². The van der Waals surface area contributed by atoms with Gasteiger partial charge in [0.05, 0.1) is 5.92 Å². The molecule has 1 saturated carbocycles. The summed E-state index contributed by atoms with van der Waals surface area (Å²) in [5.74, 6) is 1.05. The van der Waals surface area contributed by atoms with Crippen LogP contribution in [0.1, 0.15) is 47.8 Å². The van der Waals surface area contributed by atoms with Crippen molar-refractivity contribution >= 4 is 17.5 Å². The molecule has 2 N–H and O–H groups in total. The van der Waals surface area contributed by atoms with E-state index >= 15 is 0 Å². The van der Waals surface area contributed by atoms with Gasteiger partial charge in [0.1, 0.15) is 11.6 Å². The summed E-state index contributed by atoms with van der Waals surface area (Å²) in [5, 5.41) is 10.3. The predicted octanol–water partition coefficient (Wildman–Crippen LogP) is 3.98. The molecular weight excluding hydrogens is 409 g/mol. The fraction of sp³-hybridized carbons (Fsp3) is 0.333. The molecule has 1 saturated heterocycles. The first-order valence-corrected chi connectivity index (χ1v) is 11.0. The largest absolute Gasteiger partial charge is 0.338 e. The molecule has 1 aliphatic carbocycles. The van der Waals surface area contributed by atoms with Crippen molar-refractivity contribution in [2.75, 3.05) is 18.4 Å². The number of hydrogen-bond acceptors (Lipinski definition) is 4. The van der Waals surface area contributed by atoms with Crippen LogP contribution in [0.25, 0.3) is 11.4 Å². The van der Waals surface area contributed by atoms with Crippen LogP contribution < -0.4 is 5.32 Å². The quantitative estimate of drug-likeness (QED) is 0.637. The zero-order valence-corrected chi connectivity index (χ0v) is 17.6. The van der Waals surface area contributed by atoms with E-state index in [0.717, 1.165) is 30.7 Å². The zero-order chi connectivity index (χ0) is 22.1. The van der Waals surface area contributed by atoms with E-state index in [1.54, 1.807) is 4.90 Å². The molecule has 1 unspecified atom stereocenters. The number of amides is 2. The van der Waals surface area contributed by atoms with Crippen LogP contribution in [0.4, 0.5) is 10.1 Å². The first-order valence-electron chi connectivity index (χ1n) is 11.0. The Bertz CT molecular complexity index is 1140. The molecule has 32 heavy (non-hydrogen) atoms. The van der Waals surface area contributed by atoms with Gasteiger partial charge in [-0.25, -0.2) is 9.37 Å². The highest BCUT2D eigenvalue weighted by Crippen LogP contribution is 2.38.